The Kier molecular flexibility index (Phi) is 5.81. The van der Waals surface area contributed by atoms with Crippen LogP contribution in [0.5, 0.6) is 0 Å². The molecule has 2 nitrogen and oxygen atoms in total. The average Bonchev–Trinajstić information content (AvgIpc) is 2.28. The van der Waals surface area contributed by atoms with Gasteiger partial charge in [0, 0.05) is 31.3 Å². The number of aryl methyl sites for hydroxylation is 1. The predicted octanol–water partition coefficient (Wildman–Crippen LogP) is 3.16. The normalized spacial score (nSPS) is 12.8. The highest BCUT2D eigenvalue weighted by Gasteiger charge is 2.02. The molecule has 90 valence electrons. The maximum atomic E-state index is 5.97. The summed E-state index contributed by atoms with van der Waals surface area (Å²) in [5.74, 6) is 0. The van der Waals surface area contributed by atoms with Crippen molar-refractivity contribution in [1.82, 2.24) is 5.32 Å². The maximum Gasteiger partial charge on any atom is 0.0476 e. The molecule has 0 radical (unpaired) electrons. The molecule has 1 aromatic rings. The van der Waals surface area contributed by atoms with E-state index in [2.05, 4.69) is 24.4 Å². The third-order valence-electron chi connectivity index (χ3n) is 2.63. The van der Waals surface area contributed by atoms with Crippen LogP contribution in [-0.4, -0.2) is 19.8 Å². The van der Waals surface area contributed by atoms with Gasteiger partial charge in [-0.1, -0.05) is 23.7 Å². The first-order chi connectivity index (χ1) is 7.63. The topological polar surface area (TPSA) is 21.3 Å². The van der Waals surface area contributed by atoms with E-state index in [4.69, 9.17) is 16.3 Å². The molecule has 0 bridgehead atoms. The first-order valence-electron chi connectivity index (χ1n) is 5.61. The van der Waals surface area contributed by atoms with E-state index in [0.717, 1.165) is 30.2 Å². The van der Waals surface area contributed by atoms with Gasteiger partial charge in [0.15, 0.2) is 0 Å². The lowest BCUT2D eigenvalue weighted by Gasteiger charge is -2.13. The van der Waals surface area contributed by atoms with Gasteiger partial charge >= 0.3 is 0 Å². The van der Waals surface area contributed by atoms with E-state index in [-0.39, 0.29) is 0 Å². The number of hydrogen-bond donors (Lipinski definition) is 1. The van der Waals surface area contributed by atoms with Gasteiger partial charge in [-0.05, 0) is 37.5 Å². The summed E-state index contributed by atoms with van der Waals surface area (Å²) in [6, 6.07) is 6.60. The standard InChI is InChI=1S/C13H20ClNO/c1-10-8-12(4-5-13(10)14)9-15-11(2)6-7-16-3/h4-5,8,11,15H,6-7,9H2,1-3H3. The number of nitrogens with one attached hydrogen (secondary N) is 1. The van der Waals surface area contributed by atoms with Gasteiger partial charge in [0.25, 0.3) is 0 Å². The Hall–Kier alpha value is -0.570. The van der Waals surface area contributed by atoms with Crippen molar-refractivity contribution in [2.24, 2.45) is 0 Å². The van der Waals surface area contributed by atoms with Crippen molar-refractivity contribution in [2.45, 2.75) is 32.9 Å². The monoisotopic (exact) mass is 241 g/mol. The van der Waals surface area contributed by atoms with Crippen molar-refractivity contribution in [2.75, 3.05) is 13.7 Å². The van der Waals surface area contributed by atoms with Crippen LogP contribution in [0.1, 0.15) is 24.5 Å². The van der Waals surface area contributed by atoms with Gasteiger partial charge in [-0.15, -0.1) is 0 Å². The Balaban J connectivity index is 2.39. The molecule has 0 spiro atoms. The van der Waals surface area contributed by atoms with Crippen LogP contribution in [-0.2, 0) is 11.3 Å². The van der Waals surface area contributed by atoms with Gasteiger partial charge in [-0.3, -0.25) is 0 Å². The second-order valence-corrected chi connectivity index (χ2v) is 4.55. The van der Waals surface area contributed by atoms with Crippen molar-refractivity contribution in [3.8, 4) is 0 Å². The summed E-state index contributed by atoms with van der Waals surface area (Å²) in [7, 11) is 1.73. The minimum absolute atomic E-state index is 0.468. The average molecular weight is 242 g/mol. The summed E-state index contributed by atoms with van der Waals surface area (Å²) in [6.07, 6.45) is 1.03. The molecule has 1 aromatic carbocycles. The molecule has 1 N–H and O–H groups in total. The number of methoxy groups -OCH3 is 1. The molecule has 0 fully saturated rings. The van der Waals surface area contributed by atoms with Crippen LogP contribution >= 0.6 is 11.6 Å². The zero-order valence-electron chi connectivity index (χ0n) is 10.2. The third kappa shape index (κ3) is 4.52. The maximum absolute atomic E-state index is 5.97. The van der Waals surface area contributed by atoms with Crippen LogP contribution in [0.2, 0.25) is 5.02 Å². The van der Waals surface area contributed by atoms with Gasteiger partial charge in [0.2, 0.25) is 0 Å². The number of rotatable bonds is 6. The lowest BCUT2D eigenvalue weighted by molar-refractivity contribution is 0.184. The Labute approximate surface area is 103 Å². The van der Waals surface area contributed by atoms with E-state index in [0.29, 0.717) is 6.04 Å². The fourth-order valence-electron chi connectivity index (χ4n) is 1.51. The SMILES string of the molecule is COCCC(C)NCc1ccc(Cl)c(C)c1. The quantitative estimate of drug-likeness (QED) is 0.826. The summed E-state index contributed by atoms with van der Waals surface area (Å²) in [5.41, 5.74) is 2.40. The highest BCUT2D eigenvalue weighted by molar-refractivity contribution is 6.31. The summed E-state index contributed by atoms with van der Waals surface area (Å²) in [5, 5.41) is 4.29. The molecule has 0 amide bonds. The summed E-state index contributed by atoms with van der Waals surface area (Å²) in [4.78, 5) is 0. The number of hydrogen-bond acceptors (Lipinski definition) is 2. The molecule has 1 unspecified atom stereocenters. The van der Waals surface area contributed by atoms with E-state index in [9.17, 15) is 0 Å². The van der Waals surface area contributed by atoms with Crippen LogP contribution in [0, 0.1) is 6.92 Å². The van der Waals surface area contributed by atoms with Crippen molar-refractivity contribution in [1.29, 1.82) is 0 Å². The molecule has 16 heavy (non-hydrogen) atoms. The second kappa shape index (κ2) is 6.89. The molecule has 0 saturated heterocycles. The fraction of sp³-hybridized carbons (Fsp3) is 0.538. The van der Waals surface area contributed by atoms with E-state index in [1.165, 1.54) is 5.56 Å². The zero-order valence-corrected chi connectivity index (χ0v) is 11.0. The van der Waals surface area contributed by atoms with Crippen molar-refractivity contribution in [3.05, 3.63) is 34.3 Å². The van der Waals surface area contributed by atoms with Crippen molar-refractivity contribution < 1.29 is 4.74 Å². The van der Waals surface area contributed by atoms with Crippen LogP contribution < -0.4 is 5.32 Å². The summed E-state index contributed by atoms with van der Waals surface area (Å²) in [6.45, 7) is 5.87. The van der Waals surface area contributed by atoms with E-state index in [1.54, 1.807) is 7.11 Å². The Bertz CT molecular complexity index is 328. The lowest BCUT2D eigenvalue weighted by Crippen LogP contribution is -2.26. The molecule has 1 atom stereocenters. The fourth-order valence-corrected chi connectivity index (χ4v) is 1.62. The highest BCUT2D eigenvalue weighted by Crippen LogP contribution is 2.16. The first kappa shape index (κ1) is 13.5. The molecule has 3 heteroatoms. The lowest BCUT2D eigenvalue weighted by atomic mass is 10.1. The number of halogens is 1. The molecule has 0 heterocycles. The van der Waals surface area contributed by atoms with Gasteiger partial charge in [0.05, 0.1) is 0 Å². The smallest absolute Gasteiger partial charge is 0.0476 e. The third-order valence-corrected chi connectivity index (χ3v) is 3.06. The highest BCUT2D eigenvalue weighted by atomic mass is 35.5. The Morgan fingerprint density at radius 1 is 1.44 bits per heavy atom. The molecule has 0 aromatic heterocycles. The van der Waals surface area contributed by atoms with Gasteiger partial charge in [-0.25, -0.2) is 0 Å². The molecule has 0 aliphatic carbocycles. The van der Waals surface area contributed by atoms with Gasteiger partial charge in [0.1, 0.15) is 0 Å². The summed E-state index contributed by atoms with van der Waals surface area (Å²) >= 11 is 5.97. The molecule has 0 aliphatic rings. The second-order valence-electron chi connectivity index (χ2n) is 4.15. The van der Waals surface area contributed by atoms with Gasteiger partial charge in [-0.2, -0.15) is 0 Å². The Morgan fingerprint density at radius 3 is 2.81 bits per heavy atom. The van der Waals surface area contributed by atoms with E-state index >= 15 is 0 Å². The van der Waals surface area contributed by atoms with Crippen LogP contribution in [0.3, 0.4) is 0 Å². The zero-order chi connectivity index (χ0) is 12.0. The molecule has 1 rings (SSSR count). The minimum atomic E-state index is 0.468. The van der Waals surface area contributed by atoms with Crippen molar-refractivity contribution >= 4 is 11.6 Å². The molecule has 0 saturated carbocycles. The van der Waals surface area contributed by atoms with Crippen LogP contribution in [0.15, 0.2) is 18.2 Å². The number of ether oxygens (including phenoxy) is 1. The van der Waals surface area contributed by atoms with Crippen molar-refractivity contribution in [3.63, 3.8) is 0 Å². The largest absolute Gasteiger partial charge is 0.385 e. The summed E-state index contributed by atoms with van der Waals surface area (Å²) < 4.78 is 5.04. The Morgan fingerprint density at radius 2 is 2.19 bits per heavy atom. The molecular formula is C13H20ClNO. The number of benzene rings is 1. The first-order valence-corrected chi connectivity index (χ1v) is 5.98. The predicted molar refractivity (Wildman–Crippen MR) is 69.0 cm³/mol. The van der Waals surface area contributed by atoms with Crippen LogP contribution in [0.25, 0.3) is 0 Å². The minimum Gasteiger partial charge on any atom is -0.385 e. The van der Waals surface area contributed by atoms with Crippen LogP contribution in [0.4, 0.5) is 0 Å². The van der Waals surface area contributed by atoms with E-state index < -0.39 is 0 Å². The van der Waals surface area contributed by atoms with E-state index in [1.807, 2.05) is 13.0 Å². The molecular weight excluding hydrogens is 222 g/mol. The van der Waals surface area contributed by atoms with Gasteiger partial charge < -0.3 is 10.1 Å². The molecule has 0 aliphatic heterocycles.